The van der Waals surface area contributed by atoms with Crippen LogP contribution in [0.3, 0.4) is 0 Å². The number of rotatable bonds is 5. The van der Waals surface area contributed by atoms with Gasteiger partial charge in [-0.05, 0) is 6.07 Å². The van der Waals surface area contributed by atoms with Crippen LogP contribution in [-0.4, -0.2) is 30.1 Å². The highest BCUT2D eigenvalue weighted by Gasteiger charge is 2.07. The van der Waals surface area contributed by atoms with E-state index in [-0.39, 0.29) is 17.9 Å². The van der Waals surface area contributed by atoms with Gasteiger partial charge in [0.15, 0.2) is 0 Å². The fourth-order valence-electron chi connectivity index (χ4n) is 1.11. The predicted molar refractivity (Wildman–Crippen MR) is 61.2 cm³/mol. The molecule has 17 heavy (non-hydrogen) atoms. The molecule has 0 atom stereocenters. The van der Waals surface area contributed by atoms with E-state index in [1.54, 1.807) is 0 Å². The third-order valence-corrected chi connectivity index (χ3v) is 1.85. The zero-order valence-electron chi connectivity index (χ0n) is 8.97. The number of hydrogen-bond acceptors (Lipinski definition) is 6. The molecule has 0 aliphatic rings. The lowest BCUT2D eigenvalue weighted by Gasteiger charge is -2.07. The van der Waals surface area contributed by atoms with Crippen LogP contribution in [0.5, 0.6) is 0 Å². The minimum Gasteiger partial charge on any atom is -0.448 e. The summed E-state index contributed by atoms with van der Waals surface area (Å²) >= 11 is 0. The second kappa shape index (κ2) is 5.54. The number of aromatic nitrogens is 1. The lowest BCUT2D eigenvalue weighted by molar-refractivity contribution is 0.100. The number of anilines is 2. The molecule has 8 heteroatoms. The lowest BCUT2D eigenvalue weighted by Crippen LogP contribution is -2.19. The number of nitrogens with two attached hydrogens (primary N) is 3. The number of pyridine rings is 1. The summed E-state index contributed by atoms with van der Waals surface area (Å²) in [6.07, 6.45) is 0.465. The second-order valence-corrected chi connectivity index (χ2v) is 3.12. The topological polar surface area (TPSA) is 146 Å². The van der Waals surface area contributed by atoms with Crippen LogP contribution in [-0.2, 0) is 4.74 Å². The number of primary amides is 2. The monoisotopic (exact) mass is 239 g/mol. The Labute approximate surface area is 97.1 Å². The van der Waals surface area contributed by atoms with Crippen LogP contribution in [0.15, 0.2) is 12.3 Å². The van der Waals surface area contributed by atoms with Crippen LogP contribution < -0.4 is 22.5 Å². The molecule has 0 fully saturated rings. The van der Waals surface area contributed by atoms with Crippen molar-refractivity contribution in [3.05, 3.63) is 17.8 Å². The first kappa shape index (κ1) is 12.6. The Morgan fingerprint density at radius 3 is 2.71 bits per heavy atom. The van der Waals surface area contributed by atoms with Crippen molar-refractivity contribution >= 4 is 23.5 Å². The number of nitrogens with zero attached hydrogens (tertiary/aromatic N) is 1. The van der Waals surface area contributed by atoms with E-state index in [4.69, 9.17) is 17.2 Å². The van der Waals surface area contributed by atoms with Crippen LogP contribution in [0.4, 0.5) is 16.3 Å². The zero-order valence-corrected chi connectivity index (χ0v) is 8.97. The number of ether oxygens (including phenoxy) is 1. The molecule has 0 aliphatic carbocycles. The minimum atomic E-state index is -0.852. The van der Waals surface area contributed by atoms with E-state index in [1.807, 2.05) is 0 Å². The third kappa shape index (κ3) is 3.86. The zero-order chi connectivity index (χ0) is 12.8. The van der Waals surface area contributed by atoms with Crippen LogP contribution in [0.2, 0.25) is 0 Å². The number of nitrogens with one attached hydrogen (secondary N) is 1. The van der Waals surface area contributed by atoms with Gasteiger partial charge in [0.05, 0.1) is 24.0 Å². The summed E-state index contributed by atoms with van der Waals surface area (Å²) in [4.78, 5) is 25.2. The van der Waals surface area contributed by atoms with Crippen molar-refractivity contribution in [1.29, 1.82) is 0 Å². The fourth-order valence-corrected chi connectivity index (χ4v) is 1.11. The van der Waals surface area contributed by atoms with Crippen molar-refractivity contribution in [2.45, 2.75) is 0 Å². The highest BCUT2D eigenvalue weighted by atomic mass is 16.5. The molecule has 8 nitrogen and oxygen atoms in total. The Hall–Kier alpha value is -2.51. The molecule has 1 heterocycles. The molecule has 0 aliphatic heterocycles. The van der Waals surface area contributed by atoms with E-state index < -0.39 is 12.0 Å². The smallest absolute Gasteiger partial charge is 0.404 e. The summed E-state index contributed by atoms with van der Waals surface area (Å²) in [6, 6.07) is 1.42. The first-order valence-corrected chi connectivity index (χ1v) is 4.72. The van der Waals surface area contributed by atoms with Gasteiger partial charge in [0.2, 0.25) is 0 Å². The van der Waals surface area contributed by atoms with Crippen LogP contribution in [0.25, 0.3) is 0 Å². The Bertz CT molecular complexity index is 435. The molecule has 0 spiro atoms. The quantitative estimate of drug-likeness (QED) is 0.498. The fraction of sp³-hybridized carbons (Fsp3) is 0.222. The van der Waals surface area contributed by atoms with Crippen LogP contribution >= 0.6 is 0 Å². The molecular weight excluding hydrogens is 226 g/mol. The summed E-state index contributed by atoms with van der Waals surface area (Å²) in [5, 5.41) is 2.82. The number of amides is 2. The van der Waals surface area contributed by atoms with Crippen molar-refractivity contribution in [1.82, 2.24) is 4.98 Å². The SMILES string of the molecule is NC(=O)OCCNc1cc(C(N)=O)c(N)cn1. The molecule has 0 saturated heterocycles. The van der Waals surface area contributed by atoms with Crippen molar-refractivity contribution in [3.63, 3.8) is 0 Å². The first-order chi connectivity index (χ1) is 8.00. The molecule has 1 rings (SSSR count). The summed E-state index contributed by atoms with van der Waals surface area (Å²) in [5.41, 5.74) is 15.8. The minimum absolute atomic E-state index is 0.0906. The van der Waals surface area contributed by atoms with Gasteiger partial charge in [-0.3, -0.25) is 4.79 Å². The molecule has 7 N–H and O–H groups in total. The van der Waals surface area contributed by atoms with Crippen LogP contribution in [0.1, 0.15) is 10.4 Å². The first-order valence-electron chi connectivity index (χ1n) is 4.72. The van der Waals surface area contributed by atoms with Gasteiger partial charge in [0.25, 0.3) is 5.91 Å². The molecule has 92 valence electrons. The molecular formula is C9H13N5O3. The van der Waals surface area contributed by atoms with E-state index in [2.05, 4.69) is 15.0 Å². The van der Waals surface area contributed by atoms with Gasteiger partial charge >= 0.3 is 6.09 Å². The molecule has 0 unspecified atom stereocenters. The number of carbonyl (C=O) groups excluding carboxylic acids is 2. The highest BCUT2D eigenvalue weighted by molar-refractivity contribution is 5.98. The lowest BCUT2D eigenvalue weighted by atomic mass is 10.2. The maximum absolute atomic E-state index is 11.0. The van der Waals surface area contributed by atoms with Gasteiger partial charge in [-0.1, -0.05) is 0 Å². The van der Waals surface area contributed by atoms with Gasteiger partial charge in [0, 0.05) is 0 Å². The molecule has 0 bridgehead atoms. The van der Waals surface area contributed by atoms with Gasteiger partial charge < -0.3 is 27.3 Å². The number of carbonyl (C=O) groups is 2. The van der Waals surface area contributed by atoms with Crippen molar-refractivity contribution in [2.24, 2.45) is 11.5 Å². The maximum atomic E-state index is 11.0. The number of nitrogen functional groups attached to an aromatic ring is 1. The summed E-state index contributed by atoms with van der Waals surface area (Å²) in [6.45, 7) is 0.394. The van der Waals surface area contributed by atoms with E-state index in [0.717, 1.165) is 0 Å². The standard InChI is InChI=1S/C9H13N5O3/c10-6-4-14-7(3-5(6)8(11)15)13-1-2-17-9(12)16/h3-4H,1-2,10H2,(H2,11,15)(H2,12,16)(H,13,14). The second-order valence-electron chi connectivity index (χ2n) is 3.12. The van der Waals surface area contributed by atoms with E-state index >= 15 is 0 Å². The number of hydrogen-bond donors (Lipinski definition) is 4. The summed E-state index contributed by atoms with van der Waals surface area (Å²) in [7, 11) is 0. The average molecular weight is 239 g/mol. The molecule has 0 aromatic carbocycles. The average Bonchev–Trinajstić information content (AvgIpc) is 2.25. The molecule has 1 aromatic rings. The summed E-state index contributed by atoms with van der Waals surface area (Å²) < 4.78 is 4.50. The Kier molecular flexibility index (Phi) is 4.09. The molecule has 2 amide bonds. The summed E-state index contributed by atoms with van der Waals surface area (Å²) in [5.74, 6) is -0.234. The molecule has 0 saturated carbocycles. The van der Waals surface area contributed by atoms with E-state index in [1.165, 1.54) is 12.3 Å². The van der Waals surface area contributed by atoms with Gasteiger partial charge in [-0.2, -0.15) is 0 Å². The molecule has 0 radical (unpaired) electrons. The highest BCUT2D eigenvalue weighted by Crippen LogP contribution is 2.13. The Morgan fingerprint density at radius 2 is 2.12 bits per heavy atom. The van der Waals surface area contributed by atoms with Gasteiger partial charge in [0.1, 0.15) is 12.4 Å². The van der Waals surface area contributed by atoms with Crippen molar-refractivity contribution < 1.29 is 14.3 Å². The predicted octanol–water partition coefficient (Wildman–Crippen LogP) is -0.730. The Balaban J connectivity index is 2.57. The van der Waals surface area contributed by atoms with Gasteiger partial charge in [-0.25, -0.2) is 9.78 Å². The molecule has 1 aromatic heterocycles. The van der Waals surface area contributed by atoms with E-state index in [9.17, 15) is 9.59 Å². The van der Waals surface area contributed by atoms with Crippen LogP contribution in [0, 0.1) is 0 Å². The third-order valence-electron chi connectivity index (χ3n) is 1.85. The van der Waals surface area contributed by atoms with Gasteiger partial charge in [-0.15, -0.1) is 0 Å². The van der Waals surface area contributed by atoms with E-state index in [0.29, 0.717) is 12.4 Å². The Morgan fingerprint density at radius 1 is 1.41 bits per heavy atom. The largest absolute Gasteiger partial charge is 0.448 e. The maximum Gasteiger partial charge on any atom is 0.404 e. The normalized spacial score (nSPS) is 9.65. The van der Waals surface area contributed by atoms with Crippen molar-refractivity contribution in [2.75, 3.05) is 24.2 Å². The van der Waals surface area contributed by atoms with Crippen molar-refractivity contribution in [3.8, 4) is 0 Å².